The smallest absolute Gasteiger partial charge is 0.322 e. The topological polar surface area (TPSA) is 140 Å². The number of piperazine rings is 1. The van der Waals surface area contributed by atoms with E-state index in [9.17, 15) is 19.6 Å². The van der Waals surface area contributed by atoms with Crippen LogP contribution in [0.4, 0.5) is 4.79 Å². The molecule has 0 saturated carbocycles. The molecule has 2 aromatic carbocycles. The molecule has 3 aliphatic heterocycles. The van der Waals surface area contributed by atoms with Crippen LogP contribution in [0.1, 0.15) is 34.2 Å². The summed E-state index contributed by atoms with van der Waals surface area (Å²) in [5.41, 5.74) is 0.850. The molecule has 3 N–H and O–H groups in total. The van der Waals surface area contributed by atoms with Gasteiger partial charge in [0.25, 0.3) is 11.8 Å². The van der Waals surface area contributed by atoms with Gasteiger partial charge in [-0.25, -0.2) is 4.79 Å². The Balaban J connectivity index is 1.31. The molecule has 4 heterocycles. The van der Waals surface area contributed by atoms with Crippen molar-refractivity contribution >= 4 is 34.7 Å². The third kappa shape index (κ3) is 4.20. The summed E-state index contributed by atoms with van der Waals surface area (Å²) in [5.74, 6) is 0.333. The van der Waals surface area contributed by atoms with Gasteiger partial charge in [-0.1, -0.05) is 18.1 Å². The van der Waals surface area contributed by atoms with E-state index in [2.05, 4.69) is 27.6 Å². The lowest BCUT2D eigenvalue weighted by Gasteiger charge is -2.35. The van der Waals surface area contributed by atoms with Crippen molar-refractivity contribution in [3.63, 3.8) is 0 Å². The number of fused-ring (bicyclic) bond motifs is 2. The van der Waals surface area contributed by atoms with Gasteiger partial charge in [-0.05, 0) is 48.5 Å². The van der Waals surface area contributed by atoms with E-state index in [0.717, 1.165) is 38.3 Å². The molecular weight excluding hydrogens is 516 g/mol. The van der Waals surface area contributed by atoms with Gasteiger partial charge in [0, 0.05) is 49.2 Å². The van der Waals surface area contributed by atoms with E-state index < -0.39 is 17.5 Å². The van der Waals surface area contributed by atoms with E-state index in [4.69, 9.17) is 9.15 Å². The van der Waals surface area contributed by atoms with Crippen molar-refractivity contribution in [2.24, 2.45) is 5.16 Å². The third-order valence-electron chi connectivity index (χ3n) is 7.97. The fraction of sp³-hybridized carbons (Fsp3) is 0.357. The first-order valence-corrected chi connectivity index (χ1v) is 13.2. The number of furan rings is 1. The van der Waals surface area contributed by atoms with Gasteiger partial charge in [0.2, 0.25) is 0 Å². The van der Waals surface area contributed by atoms with Crippen molar-refractivity contribution in [2.75, 3.05) is 46.4 Å². The van der Waals surface area contributed by atoms with Crippen LogP contribution in [-0.2, 0) is 16.9 Å². The second kappa shape index (κ2) is 9.87. The zero-order valence-electron chi connectivity index (χ0n) is 22.3. The normalized spacial score (nSPS) is 21.6. The van der Waals surface area contributed by atoms with E-state index in [1.807, 2.05) is 17.0 Å². The van der Waals surface area contributed by atoms with Gasteiger partial charge in [0.15, 0.2) is 11.4 Å². The number of amides is 4. The molecule has 2 fully saturated rings. The van der Waals surface area contributed by atoms with E-state index >= 15 is 0 Å². The van der Waals surface area contributed by atoms with Crippen LogP contribution in [0.2, 0.25) is 0 Å². The molecule has 3 aliphatic rings. The fourth-order valence-electron chi connectivity index (χ4n) is 5.71. The van der Waals surface area contributed by atoms with Gasteiger partial charge in [0.1, 0.15) is 17.1 Å². The van der Waals surface area contributed by atoms with Crippen LogP contribution in [0, 0.1) is 0 Å². The average molecular weight is 547 g/mol. The first kappa shape index (κ1) is 25.7. The van der Waals surface area contributed by atoms with Crippen LogP contribution in [0.5, 0.6) is 5.75 Å². The molecule has 3 aromatic rings. The number of amidine groups is 1. The number of rotatable bonds is 6. The molecule has 0 bridgehead atoms. The maximum atomic E-state index is 13.3. The summed E-state index contributed by atoms with van der Waals surface area (Å²) < 4.78 is 11.4. The number of nitrogens with one attached hydrogen (secondary N) is 2. The lowest BCUT2D eigenvalue weighted by atomic mass is 9.95. The fourth-order valence-corrected chi connectivity index (χ4v) is 5.71. The molecule has 1 aromatic heterocycles. The van der Waals surface area contributed by atoms with Crippen LogP contribution in [0.3, 0.4) is 0 Å². The number of carbonyl (C=O) groups is 3. The van der Waals surface area contributed by atoms with E-state index in [0.29, 0.717) is 33.7 Å². The predicted octanol–water partition coefficient (Wildman–Crippen LogP) is 1.91. The molecule has 0 unspecified atom stereocenters. The number of nitrogens with zero attached hydrogens (tertiary/aromatic N) is 4. The molecule has 12 heteroatoms. The summed E-state index contributed by atoms with van der Waals surface area (Å²) in [4.78, 5) is 44.8. The second-order valence-electron chi connectivity index (χ2n) is 10.2. The van der Waals surface area contributed by atoms with Crippen LogP contribution in [0.25, 0.3) is 11.0 Å². The van der Waals surface area contributed by atoms with Crippen LogP contribution in [-0.4, -0.2) is 90.0 Å². The average Bonchev–Trinajstić information content (AvgIpc) is 3.62. The summed E-state index contributed by atoms with van der Waals surface area (Å²) in [7, 11) is 1.53. The lowest BCUT2D eigenvalue weighted by Crippen LogP contribution is -2.52. The Kier molecular flexibility index (Phi) is 6.34. The molecule has 12 nitrogen and oxygen atoms in total. The van der Waals surface area contributed by atoms with E-state index in [-0.39, 0.29) is 24.8 Å². The SMILES string of the molecule is CCN1CCN(C(=NO)c2ccc3oc([C@]4(CN5Cc6ccc(OC)cc6C5=O)NC(=O)NC4=O)cc3c2)CC1. The standard InChI is InChI=1S/C28H30N6O6/c1-3-32-8-10-33(11-9-32)24(31-38)17-5-7-22-19(12-17)13-23(40-22)28(26(36)29-27(37)30-28)16-34-15-18-4-6-20(39-2)14-21(18)25(34)35/h4-7,12-14,38H,3,8-11,15-16H2,1-2H3,(H2,29,30,36,37)/t28-/m0/s1. The van der Waals surface area contributed by atoms with Gasteiger partial charge in [-0.3, -0.25) is 14.9 Å². The Morgan fingerprint density at radius 1 is 1.10 bits per heavy atom. The van der Waals surface area contributed by atoms with Crippen molar-refractivity contribution in [3.8, 4) is 5.75 Å². The van der Waals surface area contributed by atoms with Crippen molar-refractivity contribution < 1.29 is 28.7 Å². The number of hydrogen-bond acceptors (Lipinski definition) is 8. The largest absolute Gasteiger partial charge is 0.497 e. The lowest BCUT2D eigenvalue weighted by molar-refractivity contribution is -0.125. The number of benzene rings is 2. The minimum absolute atomic E-state index is 0.127. The third-order valence-corrected chi connectivity index (χ3v) is 7.97. The number of methoxy groups -OCH3 is 1. The number of imide groups is 1. The number of urea groups is 1. The number of hydrogen-bond donors (Lipinski definition) is 3. The maximum Gasteiger partial charge on any atom is 0.322 e. The van der Waals surface area contributed by atoms with Gasteiger partial charge in [-0.15, -0.1) is 0 Å². The maximum absolute atomic E-state index is 13.3. The molecule has 0 aliphatic carbocycles. The van der Waals surface area contributed by atoms with Crippen LogP contribution in [0.15, 0.2) is 52.0 Å². The first-order chi connectivity index (χ1) is 19.3. The van der Waals surface area contributed by atoms with Gasteiger partial charge in [0.05, 0.1) is 13.7 Å². The summed E-state index contributed by atoms with van der Waals surface area (Å²) in [6.45, 7) is 6.44. The Morgan fingerprint density at radius 2 is 1.90 bits per heavy atom. The summed E-state index contributed by atoms with van der Waals surface area (Å²) in [6, 6.07) is 11.6. The van der Waals surface area contributed by atoms with E-state index in [1.54, 1.807) is 30.3 Å². The highest BCUT2D eigenvalue weighted by Crippen LogP contribution is 2.35. The highest BCUT2D eigenvalue weighted by Gasteiger charge is 2.53. The number of likely N-dealkylation sites (N-methyl/N-ethyl adjacent to an activating group) is 1. The molecule has 0 spiro atoms. The molecule has 40 heavy (non-hydrogen) atoms. The number of carbonyl (C=O) groups excluding carboxylic acids is 3. The Bertz CT molecular complexity index is 1540. The molecule has 2 saturated heterocycles. The highest BCUT2D eigenvalue weighted by molar-refractivity contribution is 6.08. The summed E-state index contributed by atoms with van der Waals surface area (Å²) in [6.07, 6.45) is 0. The molecular formula is C28H30N6O6. The van der Waals surface area contributed by atoms with Crippen LogP contribution >= 0.6 is 0 Å². The van der Waals surface area contributed by atoms with E-state index in [1.165, 1.54) is 12.0 Å². The minimum Gasteiger partial charge on any atom is -0.497 e. The minimum atomic E-state index is -1.62. The van der Waals surface area contributed by atoms with Gasteiger partial charge < -0.3 is 34.4 Å². The predicted molar refractivity (Wildman–Crippen MR) is 144 cm³/mol. The quantitative estimate of drug-likeness (QED) is 0.140. The van der Waals surface area contributed by atoms with Crippen LogP contribution < -0.4 is 15.4 Å². The van der Waals surface area contributed by atoms with Crippen molar-refractivity contribution in [1.82, 2.24) is 25.3 Å². The Labute approximate surface area is 230 Å². The van der Waals surface area contributed by atoms with Gasteiger partial charge in [-0.2, -0.15) is 0 Å². The van der Waals surface area contributed by atoms with Crippen molar-refractivity contribution in [3.05, 3.63) is 64.9 Å². The molecule has 0 radical (unpaired) electrons. The number of ether oxygens (including phenoxy) is 1. The zero-order chi connectivity index (χ0) is 28.0. The number of oxime groups is 1. The second-order valence-corrected chi connectivity index (χ2v) is 10.2. The zero-order valence-corrected chi connectivity index (χ0v) is 22.3. The Morgan fingerprint density at radius 3 is 2.58 bits per heavy atom. The molecule has 208 valence electrons. The summed E-state index contributed by atoms with van der Waals surface area (Å²) >= 11 is 0. The van der Waals surface area contributed by atoms with Crippen molar-refractivity contribution in [2.45, 2.75) is 19.0 Å². The molecule has 6 rings (SSSR count). The highest BCUT2D eigenvalue weighted by atomic mass is 16.5. The molecule has 4 amide bonds. The monoisotopic (exact) mass is 546 g/mol. The van der Waals surface area contributed by atoms with Crippen molar-refractivity contribution in [1.29, 1.82) is 0 Å². The Hall–Kier alpha value is -4.58. The first-order valence-electron chi connectivity index (χ1n) is 13.2. The summed E-state index contributed by atoms with van der Waals surface area (Å²) in [5, 5.41) is 19.1. The van der Waals surface area contributed by atoms with Gasteiger partial charge >= 0.3 is 6.03 Å². The molecule has 1 atom stereocenters.